The minimum absolute atomic E-state index is 0.0555. The van der Waals surface area contributed by atoms with Crippen molar-refractivity contribution >= 4 is 16.9 Å². The number of imidazole rings is 1. The summed E-state index contributed by atoms with van der Waals surface area (Å²) in [5.74, 6) is 1.84. The Labute approximate surface area is 159 Å². The second kappa shape index (κ2) is 9.03. The summed E-state index contributed by atoms with van der Waals surface area (Å²) in [5.41, 5.74) is 3.21. The summed E-state index contributed by atoms with van der Waals surface area (Å²) in [7, 11) is 1.69. The number of carbonyl (C=O) groups excluding carboxylic acids is 1. The third-order valence-corrected chi connectivity index (χ3v) is 4.45. The molecule has 1 amide bonds. The van der Waals surface area contributed by atoms with Crippen molar-refractivity contribution in [3.05, 3.63) is 72.1 Å². The van der Waals surface area contributed by atoms with E-state index in [1.807, 2.05) is 43.3 Å². The molecule has 140 valence electrons. The van der Waals surface area contributed by atoms with Gasteiger partial charge in [-0.05, 0) is 37.6 Å². The average Bonchev–Trinajstić information content (AvgIpc) is 3.03. The number of aromatic nitrogens is 2. The maximum atomic E-state index is 11.5. The van der Waals surface area contributed by atoms with Gasteiger partial charge >= 0.3 is 0 Å². The van der Waals surface area contributed by atoms with Crippen LogP contribution in [0, 0.1) is 0 Å². The summed E-state index contributed by atoms with van der Waals surface area (Å²) in [4.78, 5) is 16.4. The molecule has 1 aromatic heterocycles. The maximum absolute atomic E-state index is 11.5. The van der Waals surface area contributed by atoms with Gasteiger partial charge in [0.1, 0.15) is 11.6 Å². The number of benzene rings is 2. The van der Waals surface area contributed by atoms with Crippen molar-refractivity contribution in [2.24, 2.45) is 0 Å². The van der Waals surface area contributed by atoms with E-state index in [0.717, 1.165) is 41.0 Å². The number of aryl methyl sites for hydroxylation is 1. The van der Waals surface area contributed by atoms with E-state index in [1.165, 1.54) is 6.08 Å². The van der Waals surface area contributed by atoms with E-state index in [9.17, 15) is 4.79 Å². The van der Waals surface area contributed by atoms with Crippen molar-refractivity contribution in [1.29, 1.82) is 0 Å². The second-order valence-corrected chi connectivity index (χ2v) is 6.31. The second-order valence-electron chi connectivity index (χ2n) is 6.31. The lowest BCUT2D eigenvalue weighted by molar-refractivity contribution is -0.116. The number of fused-ring (bicyclic) bond motifs is 1. The molecule has 0 radical (unpaired) electrons. The van der Waals surface area contributed by atoms with E-state index in [4.69, 9.17) is 9.72 Å². The molecule has 2 aromatic carbocycles. The zero-order valence-corrected chi connectivity index (χ0v) is 15.8. The molecule has 0 spiro atoms. The number of methoxy groups -OCH3 is 1. The van der Waals surface area contributed by atoms with Gasteiger partial charge in [-0.3, -0.25) is 4.79 Å². The number of nitrogens with zero attached hydrogens (tertiary/aromatic N) is 2. The number of ether oxygens (including phenoxy) is 1. The first-order valence-corrected chi connectivity index (χ1v) is 9.19. The van der Waals surface area contributed by atoms with Gasteiger partial charge in [-0.2, -0.15) is 0 Å². The zero-order valence-electron chi connectivity index (χ0n) is 15.8. The molecule has 5 nitrogen and oxygen atoms in total. The molecule has 0 saturated heterocycles. The molecule has 0 atom stereocenters. The highest BCUT2D eigenvalue weighted by molar-refractivity contribution is 5.87. The number of rotatable bonds is 8. The smallest absolute Gasteiger partial charge is 0.243 e. The van der Waals surface area contributed by atoms with Gasteiger partial charge in [0.25, 0.3) is 0 Å². The van der Waals surface area contributed by atoms with Crippen molar-refractivity contribution in [1.82, 2.24) is 14.9 Å². The quantitative estimate of drug-likeness (QED) is 0.490. The van der Waals surface area contributed by atoms with Gasteiger partial charge in [-0.25, -0.2) is 4.98 Å². The van der Waals surface area contributed by atoms with Gasteiger partial charge in [0.2, 0.25) is 5.91 Å². The summed E-state index contributed by atoms with van der Waals surface area (Å²) >= 11 is 0. The average molecular weight is 363 g/mol. The Bertz CT molecular complexity index is 944. The fourth-order valence-electron chi connectivity index (χ4n) is 3.17. The Kier molecular flexibility index (Phi) is 6.26. The Morgan fingerprint density at radius 2 is 1.96 bits per heavy atom. The van der Waals surface area contributed by atoms with E-state index in [2.05, 4.69) is 22.0 Å². The molecule has 1 N–H and O–H groups in total. The SMILES string of the molecule is C/C=C\C(=O)NCCCc1nc2ccccc2n1Cc1ccccc1OC. The number of allylic oxidation sites excluding steroid dienone is 1. The van der Waals surface area contributed by atoms with Crippen LogP contribution in [-0.2, 0) is 17.8 Å². The van der Waals surface area contributed by atoms with Crippen LogP contribution in [0.15, 0.2) is 60.7 Å². The normalized spacial score (nSPS) is 11.2. The number of carbonyl (C=O) groups is 1. The standard InChI is InChI=1S/C22H25N3O2/c1-3-9-22(26)23-15-8-14-21-24-18-11-5-6-12-19(18)25(21)16-17-10-4-7-13-20(17)27-2/h3-7,9-13H,8,14-16H2,1-2H3,(H,23,26)/b9-3-. The monoisotopic (exact) mass is 363 g/mol. The number of amides is 1. The molecular formula is C22H25N3O2. The highest BCUT2D eigenvalue weighted by atomic mass is 16.5. The van der Waals surface area contributed by atoms with Crippen LogP contribution in [0.1, 0.15) is 24.7 Å². The lowest BCUT2D eigenvalue weighted by atomic mass is 10.2. The van der Waals surface area contributed by atoms with Gasteiger partial charge in [-0.15, -0.1) is 0 Å². The molecule has 0 aliphatic carbocycles. The molecule has 5 heteroatoms. The van der Waals surface area contributed by atoms with Crippen LogP contribution in [0.3, 0.4) is 0 Å². The number of nitrogens with one attached hydrogen (secondary N) is 1. The topological polar surface area (TPSA) is 56.2 Å². The molecule has 0 saturated carbocycles. The third kappa shape index (κ3) is 4.56. The van der Waals surface area contributed by atoms with Gasteiger partial charge in [0.05, 0.1) is 24.7 Å². The Hall–Kier alpha value is -3.08. The Balaban J connectivity index is 1.80. The van der Waals surface area contributed by atoms with E-state index in [-0.39, 0.29) is 5.91 Å². The number of hydrogen-bond donors (Lipinski definition) is 1. The molecule has 1 heterocycles. The first-order valence-electron chi connectivity index (χ1n) is 9.19. The van der Waals surface area contributed by atoms with E-state index in [1.54, 1.807) is 13.2 Å². The molecule has 3 aromatic rings. The first kappa shape index (κ1) is 18.7. The predicted molar refractivity (Wildman–Crippen MR) is 108 cm³/mol. The Morgan fingerprint density at radius 3 is 2.78 bits per heavy atom. The minimum atomic E-state index is -0.0555. The van der Waals surface area contributed by atoms with Crippen molar-refractivity contribution in [3.63, 3.8) is 0 Å². The van der Waals surface area contributed by atoms with Crippen LogP contribution in [0.4, 0.5) is 0 Å². The van der Waals surface area contributed by atoms with Crippen molar-refractivity contribution in [3.8, 4) is 5.75 Å². The Morgan fingerprint density at radius 1 is 1.19 bits per heavy atom. The van der Waals surface area contributed by atoms with Gasteiger partial charge in [-0.1, -0.05) is 36.4 Å². The van der Waals surface area contributed by atoms with Crippen LogP contribution in [0.2, 0.25) is 0 Å². The highest BCUT2D eigenvalue weighted by Crippen LogP contribution is 2.23. The first-order chi connectivity index (χ1) is 13.2. The van der Waals surface area contributed by atoms with Crippen LogP contribution in [0.5, 0.6) is 5.75 Å². The van der Waals surface area contributed by atoms with Gasteiger partial charge in [0, 0.05) is 18.5 Å². The maximum Gasteiger partial charge on any atom is 0.243 e. The predicted octanol–water partition coefficient (Wildman–Crippen LogP) is 3.72. The summed E-state index contributed by atoms with van der Waals surface area (Å²) < 4.78 is 7.74. The number of para-hydroxylation sites is 3. The summed E-state index contributed by atoms with van der Waals surface area (Å²) in [6.45, 7) is 3.16. The van der Waals surface area contributed by atoms with Crippen molar-refractivity contribution < 1.29 is 9.53 Å². The zero-order chi connectivity index (χ0) is 19.1. The van der Waals surface area contributed by atoms with Gasteiger partial charge < -0.3 is 14.6 Å². The molecule has 0 bridgehead atoms. The van der Waals surface area contributed by atoms with Crippen LogP contribution < -0.4 is 10.1 Å². The highest BCUT2D eigenvalue weighted by Gasteiger charge is 2.12. The summed E-state index contributed by atoms with van der Waals surface area (Å²) in [6, 6.07) is 16.2. The van der Waals surface area contributed by atoms with E-state index in [0.29, 0.717) is 13.1 Å². The molecule has 3 rings (SSSR count). The van der Waals surface area contributed by atoms with Crippen LogP contribution >= 0.6 is 0 Å². The summed E-state index contributed by atoms with van der Waals surface area (Å²) in [6.07, 6.45) is 4.90. The lowest BCUT2D eigenvalue weighted by Gasteiger charge is -2.12. The van der Waals surface area contributed by atoms with E-state index >= 15 is 0 Å². The van der Waals surface area contributed by atoms with Crippen LogP contribution in [0.25, 0.3) is 11.0 Å². The lowest BCUT2D eigenvalue weighted by Crippen LogP contribution is -2.22. The molecule has 27 heavy (non-hydrogen) atoms. The molecule has 0 aliphatic rings. The summed E-state index contributed by atoms with van der Waals surface area (Å²) in [5, 5.41) is 2.89. The number of hydrogen-bond acceptors (Lipinski definition) is 3. The molecular weight excluding hydrogens is 338 g/mol. The van der Waals surface area contributed by atoms with Gasteiger partial charge in [0.15, 0.2) is 0 Å². The minimum Gasteiger partial charge on any atom is -0.496 e. The van der Waals surface area contributed by atoms with E-state index < -0.39 is 0 Å². The molecule has 0 fully saturated rings. The molecule has 0 unspecified atom stereocenters. The third-order valence-electron chi connectivity index (χ3n) is 4.45. The fourth-order valence-corrected chi connectivity index (χ4v) is 3.17. The van der Waals surface area contributed by atoms with Crippen molar-refractivity contribution in [2.75, 3.05) is 13.7 Å². The largest absolute Gasteiger partial charge is 0.496 e. The van der Waals surface area contributed by atoms with Crippen LogP contribution in [-0.4, -0.2) is 29.1 Å². The fraction of sp³-hybridized carbons (Fsp3) is 0.273. The van der Waals surface area contributed by atoms with Crippen molar-refractivity contribution in [2.45, 2.75) is 26.3 Å². The molecule has 0 aliphatic heterocycles.